The lowest BCUT2D eigenvalue weighted by molar-refractivity contribution is 0.0136. The minimum absolute atomic E-state index is 0.386. The average Bonchev–Trinajstić information content (AvgIpc) is 2.71. The van der Waals surface area contributed by atoms with E-state index in [2.05, 4.69) is 12.2 Å². The maximum absolute atomic E-state index is 9.65. The number of hydrogen-bond donors (Lipinski definition) is 2. The smallest absolute Gasteiger partial charge is 0.0897 e. The lowest BCUT2D eigenvalue weighted by atomic mass is 10.1. The summed E-state index contributed by atoms with van der Waals surface area (Å²) in [5.74, 6) is 1.68. The van der Waals surface area contributed by atoms with E-state index in [-0.39, 0.29) is 0 Å². The Morgan fingerprint density at radius 3 is 2.82 bits per heavy atom. The number of nitrogens with one attached hydrogen (secondary N) is 1. The number of methoxy groups -OCH3 is 1. The van der Waals surface area contributed by atoms with Crippen LogP contribution in [0.1, 0.15) is 26.2 Å². The van der Waals surface area contributed by atoms with Gasteiger partial charge >= 0.3 is 0 Å². The highest BCUT2D eigenvalue weighted by Crippen LogP contribution is 2.29. The van der Waals surface area contributed by atoms with Gasteiger partial charge in [0.2, 0.25) is 0 Å². The van der Waals surface area contributed by atoms with Gasteiger partial charge in [0.1, 0.15) is 0 Å². The second kappa shape index (κ2) is 8.86. The summed E-state index contributed by atoms with van der Waals surface area (Å²) in [6.07, 6.45) is 3.60. The van der Waals surface area contributed by atoms with Crippen molar-refractivity contribution in [2.24, 2.45) is 11.8 Å². The highest BCUT2D eigenvalue weighted by Gasteiger charge is 2.20. The summed E-state index contributed by atoms with van der Waals surface area (Å²) in [5.41, 5.74) is 0. The van der Waals surface area contributed by atoms with Crippen molar-refractivity contribution in [3.8, 4) is 0 Å². The maximum Gasteiger partial charge on any atom is 0.0897 e. The Morgan fingerprint density at radius 2 is 2.18 bits per heavy atom. The maximum atomic E-state index is 9.65. The summed E-state index contributed by atoms with van der Waals surface area (Å²) in [7, 11) is 1.64. The zero-order valence-electron chi connectivity index (χ0n) is 11.2. The van der Waals surface area contributed by atoms with Crippen molar-refractivity contribution < 1.29 is 14.6 Å². The summed E-state index contributed by atoms with van der Waals surface area (Å²) in [5, 5.41) is 13.0. The molecule has 3 unspecified atom stereocenters. The minimum atomic E-state index is -0.411. The van der Waals surface area contributed by atoms with Gasteiger partial charge < -0.3 is 19.9 Å². The van der Waals surface area contributed by atoms with Gasteiger partial charge in [-0.15, -0.1) is 0 Å². The van der Waals surface area contributed by atoms with Crippen molar-refractivity contribution in [2.45, 2.75) is 32.3 Å². The molecule has 0 amide bonds. The van der Waals surface area contributed by atoms with E-state index in [0.29, 0.717) is 26.4 Å². The zero-order chi connectivity index (χ0) is 12.5. The monoisotopic (exact) mass is 245 g/mol. The van der Waals surface area contributed by atoms with E-state index in [1.807, 2.05) is 0 Å². The normalized spacial score (nSPS) is 26.3. The van der Waals surface area contributed by atoms with Gasteiger partial charge in [-0.2, -0.15) is 0 Å². The second-order valence-corrected chi connectivity index (χ2v) is 5.16. The van der Waals surface area contributed by atoms with Crippen LogP contribution in [-0.4, -0.2) is 51.2 Å². The Morgan fingerprint density at radius 1 is 1.35 bits per heavy atom. The number of rotatable bonds is 9. The minimum Gasteiger partial charge on any atom is -0.389 e. The first-order chi connectivity index (χ1) is 8.22. The van der Waals surface area contributed by atoms with E-state index >= 15 is 0 Å². The molecule has 0 saturated heterocycles. The lowest BCUT2D eigenvalue weighted by Crippen LogP contribution is -2.33. The van der Waals surface area contributed by atoms with Gasteiger partial charge in [0.25, 0.3) is 0 Å². The van der Waals surface area contributed by atoms with E-state index in [0.717, 1.165) is 18.4 Å². The molecule has 17 heavy (non-hydrogen) atoms. The van der Waals surface area contributed by atoms with Crippen LogP contribution in [0.4, 0.5) is 0 Å². The highest BCUT2D eigenvalue weighted by molar-refractivity contribution is 4.74. The quantitative estimate of drug-likeness (QED) is 0.596. The Balaban J connectivity index is 1.91. The number of ether oxygens (including phenoxy) is 2. The molecule has 1 aliphatic carbocycles. The molecule has 2 N–H and O–H groups in total. The third-order valence-electron chi connectivity index (χ3n) is 3.36. The van der Waals surface area contributed by atoms with Gasteiger partial charge in [0.05, 0.1) is 25.9 Å². The van der Waals surface area contributed by atoms with Gasteiger partial charge in [-0.3, -0.25) is 0 Å². The zero-order valence-corrected chi connectivity index (χ0v) is 11.2. The third-order valence-corrected chi connectivity index (χ3v) is 3.36. The molecular formula is C13H27NO3. The van der Waals surface area contributed by atoms with Crippen LogP contribution in [0.3, 0.4) is 0 Å². The van der Waals surface area contributed by atoms with Crippen LogP contribution in [0.25, 0.3) is 0 Å². The number of hydrogen-bond acceptors (Lipinski definition) is 4. The molecule has 0 heterocycles. The fraction of sp³-hybridized carbons (Fsp3) is 1.00. The number of aliphatic hydroxyl groups is 1. The summed E-state index contributed by atoms with van der Waals surface area (Å²) in [4.78, 5) is 0. The van der Waals surface area contributed by atoms with Crippen LogP contribution in [0, 0.1) is 11.8 Å². The summed E-state index contributed by atoms with van der Waals surface area (Å²) in [6.45, 7) is 5.49. The van der Waals surface area contributed by atoms with Crippen LogP contribution >= 0.6 is 0 Å². The lowest BCUT2D eigenvalue weighted by Gasteiger charge is -2.15. The molecule has 1 saturated carbocycles. The summed E-state index contributed by atoms with van der Waals surface area (Å²) >= 11 is 0. The van der Waals surface area contributed by atoms with Crippen molar-refractivity contribution in [2.75, 3.05) is 40.0 Å². The standard InChI is InChI=1S/C13H27NO3/c1-11-3-4-12(7-11)8-14-9-13(15)10-17-6-5-16-2/h11-15H,3-10H2,1-2H3. The van der Waals surface area contributed by atoms with Crippen LogP contribution in [0.2, 0.25) is 0 Å². The predicted molar refractivity (Wildman–Crippen MR) is 68.1 cm³/mol. The molecule has 3 atom stereocenters. The Labute approximate surface area is 105 Å². The predicted octanol–water partition coefficient (Wildman–Crippen LogP) is 1.04. The molecule has 4 heteroatoms. The first kappa shape index (κ1) is 14.9. The largest absolute Gasteiger partial charge is 0.389 e. The van der Waals surface area contributed by atoms with Gasteiger partial charge in [-0.25, -0.2) is 0 Å². The molecule has 1 rings (SSSR count). The van der Waals surface area contributed by atoms with Crippen LogP contribution in [0.5, 0.6) is 0 Å². The molecule has 0 bridgehead atoms. The third kappa shape index (κ3) is 6.99. The topological polar surface area (TPSA) is 50.7 Å². The molecule has 4 nitrogen and oxygen atoms in total. The first-order valence-corrected chi connectivity index (χ1v) is 6.67. The van der Waals surface area contributed by atoms with Gasteiger partial charge in [-0.1, -0.05) is 13.3 Å². The summed E-state index contributed by atoms with van der Waals surface area (Å²) < 4.78 is 10.1. The van der Waals surface area contributed by atoms with Crippen molar-refractivity contribution in [3.05, 3.63) is 0 Å². The Kier molecular flexibility index (Phi) is 7.77. The first-order valence-electron chi connectivity index (χ1n) is 6.67. The molecule has 0 aromatic rings. The van der Waals surface area contributed by atoms with Gasteiger partial charge in [0.15, 0.2) is 0 Å². The van der Waals surface area contributed by atoms with E-state index < -0.39 is 6.10 Å². The molecule has 0 radical (unpaired) electrons. The fourth-order valence-corrected chi connectivity index (χ4v) is 2.38. The fourth-order valence-electron chi connectivity index (χ4n) is 2.38. The Bertz CT molecular complexity index is 190. The molecule has 0 aromatic heterocycles. The van der Waals surface area contributed by atoms with Crippen LogP contribution in [0.15, 0.2) is 0 Å². The molecule has 0 aliphatic heterocycles. The van der Waals surface area contributed by atoms with Crippen LogP contribution in [-0.2, 0) is 9.47 Å². The molecular weight excluding hydrogens is 218 g/mol. The summed E-state index contributed by atoms with van der Waals surface area (Å²) in [6, 6.07) is 0. The van der Waals surface area contributed by atoms with E-state index in [4.69, 9.17) is 9.47 Å². The van der Waals surface area contributed by atoms with E-state index in [9.17, 15) is 5.11 Å². The van der Waals surface area contributed by atoms with Crippen molar-refractivity contribution >= 4 is 0 Å². The molecule has 0 spiro atoms. The van der Waals surface area contributed by atoms with Gasteiger partial charge in [0, 0.05) is 13.7 Å². The average molecular weight is 245 g/mol. The van der Waals surface area contributed by atoms with Crippen LogP contribution < -0.4 is 5.32 Å². The van der Waals surface area contributed by atoms with Crippen molar-refractivity contribution in [3.63, 3.8) is 0 Å². The molecule has 1 aliphatic rings. The van der Waals surface area contributed by atoms with Crippen molar-refractivity contribution in [1.82, 2.24) is 5.32 Å². The molecule has 102 valence electrons. The second-order valence-electron chi connectivity index (χ2n) is 5.16. The Hall–Kier alpha value is -0.160. The SMILES string of the molecule is COCCOCC(O)CNCC1CCC(C)C1. The van der Waals surface area contributed by atoms with E-state index in [1.54, 1.807) is 7.11 Å². The van der Waals surface area contributed by atoms with E-state index in [1.165, 1.54) is 19.3 Å². The highest BCUT2D eigenvalue weighted by atomic mass is 16.5. The molecule has 1 fully saturated rings. The molecule has 0 aromatic carbocycles. The van der Waals surface area contributed by atoms with Crippen molar-refractivity contribution in [1.29, 1.82) is 0 Å². The number of aliphatic hydroxyl groups excluding tert-OH is 1. The van der Waals surface area contributed by atoms with Gasteiger partial charge in [-0.05, 0) is 31.2 Å².